The summed E-state index contributed by atoms with van der Waals surface area (Å²) in [5, 5.41) is 33.2. The highest BCUT2D eigenvalue weighted by Crippen LogP contribution is 2.33. The van der Waals surface area contributed by atoms with Gasteiger partial charge >= 0.3 is 5.97 Å². The molecule has 0 saturated heterocycles. The molecule has 0 aliphatic heterocycles. The van der Waals surface area contributed by atoms with E-state index < -0.39 is 28.6 Å². The average Bonchev–Trinajstić information content (AvgIpc) is 3.22. The molecule has 1 atom stereocenters. The van der Waals surface area contributed by atoms with Gasteiger partial charge in [0.25, 0.3) is 5.69 Å². The van der Waals surface area contributed by atoms with Crippen molar-refractivity contribution in [3.05, 3.63) is 75.1 Å². The first kappa shape index (κ1) is 24.3. The molecule has 3 rings (SSSR count). The van der Waals surface area contributed by atoms with Gasteiger partial charge in [-0.1, -0.05) is 17.3 Å². The molecule has 1 heterocycles. The van der Waals surface area contributed by atoms with E-state index in [0.717, 1.165) is 11.6 Å². The van der Waals surface area contributed by atoms with Gasteiger partial charge in [-0.25, -0.2) is 9.48 Å². The fourth-order valence-corrected chi connectivity index (χ4v) is 3.32. The van der Waals surface area contributed by atoms with E-state index >= 15 is 0 Å². The Hall–Kier alpha value is -4.32. The van der Waals surface area contributed by atoms with Crippen LogP contribution in [0, 0.1) is 10.1 Å². The first-order chi connectivity index (χ1) is 16.2. The number of nitro groups is 1. The van der Waals surface area contributed by atoms with Crippen molar-refractivity contribution in [1.82, 2.24) is 15.0 Å². The predicted molar refractivity (Wildman–Crippen MR) is 120 cm³/mol. The number of carbonyl (C=O) groups excluding carboxylic acids is 2. The molecular formula is C22H23N5O7. The second-order valence-electron chi connectivity index (χ2n) is 7.16. The van der Waals surface area contributed by atoms with E-state index in [1.165, 1.54) is 30.8 Å². The maximum absolute atomic E-state index is 12.5. The maximum atomic E-state index is 12.5. The first-order valence-electron chi connectivity index (χ1n) is 10.2. The van der Waals surface area contributed by atoms with Crippen LogP contribution in [0.25, 0.3) is 0 Å². The van der Waals surface area contributed by atoms with E-state index in [1.807, 2.05) is 0 Å². The second kappa shape index (κ2) is 10.5. The summed E-state index contributed by atoms with van der Waals surface area (Å²) in [5.74, 6) is -0.589. The molecular weight excluding hydrogens is 446 g/mol. The van der Waals surface area contributed by atoms with Crippen molar-refractivity contribution in [1.29, 1.82) is 0 Å². The first-order valence-corrected chi connectivity index (χ1v) is 10.2. The number of nitro benzene ring substituents is 1. The third kappa shape index (κ3) is 5.35. The quantitative estimate of drug-likeness (QED) is 0.273. The summed E-state index contributed by atoms with van der Waals surface area (Å²) in [7, 11) is 1.54. The number of anilines is 1. The lowest BCUT2D eigenvalue weighted by molar-refractivity contribution is -0.386. The number of amides is 1. The zero-order chi connectivity index (χ0) is 24.8. The van der Waals surface area contributed by atoms with Gasteiger partial charge in [-0.05, 0) is 36.8 Å². The Kier molecular flexibility index (Phi) is 7.53. The Morgan fingerprint density at radius 3 is 2.53 bits per heavy atom. The van der Waals surface area contributed by atoms with Gasteiger partial charge in [0.2, 0.25) is 5.91 Å². The minimum absolute atomic E-state index is 0.0608. The van der Waals surface area contributed by atoms with E-state index in [1.54, 1.807) is 31.2 Å². The normalized spacial score (nSPS) is 11.5. The number of hydrogen-bond acceptors (Lipinski definition) is 9. The fourth-order valence-electron chi connectivity index (χ4n) is 3.32. The molecule has 12 nitrogen and oxygen atoms in total. The molecule has 0 bridgehead atoms. The van der Waals surface area contributed by atoms with Gasteiger partial charge in [0.1, 0.15) is 17.5 Å². The lowest BCUT2D eigenvalue weighted by Gasteiger charge is -2.15. The van der Waals surface area contributed by atoms with Crippen molar-refractivity contribution < 1.29 is 29.1 Å². The minimum atomic E-state index is -1.64. The van der Waals surface area contributed by atoms with E-state index in [9.17, 15) is 24.8 Å². The molecule has 2 N–H and O–H groups in total. The van der Waals surface area contributed by atoms with Crippen molar-refractivity contribution in [2.45, 2.75) is 26.5 Å². The summed E-state index contributed by atoms with van der Waals surface area (Å²) in [4.78, 5) is 34.9. The number of nitrogens with zero attached hydrogens (tertiary/aromatic N) is 4. The number of rotatable bonds is 9. The molecule has 1 aromatic heterocycles. The highest BCUT2D eigenvalue weighted by atomic mass is 16.6. The van der Waals surface area contributed by atoms with E-state index in [4.69, 9.17) is 9.47 Å². The lowest BCUT2D eigenvalue weighted by Crippen LogP contribution is -2.17. The van der Waals surface area contributed by atoms with Crippen LogP contribution in [-0.4, -0.2) is 50.6 Å². The number of carbonyl (C=O) groups is 2. The van der Waals surface area contributed by atoms with Crippen molar-refractivity contribution in [2.75, 3.05) is 19.0 Å². The summed E-state index contributed by atoms with van der Waals surface area (Å²) in [5.41, 5.74) is 0.0529. The number of benzene rings is 2. The van der Waals surface area contributed by atoms with Crippen molar-refractivity contribution in [3.63, 3.8) is 0 Å². The summed E-state index contributed by atoms with van der Waals surface area (Å²) < 4.78 is 11.5. The molecule has 12 heteroatoms. The van der Waals surface area contributed by atoms with Crippen LogP contribution < -0.4 is 10.1 Å². The number of aliphatic hydroxyl groups excluding tert-OH is 1. The molecule has 2 aromatic carbocycles. The smallest absolute Gasteiger partial charge is 0.360 e. The SMILES string of the molecule is CCOC(=O)c1nnn(Cc2ccc(OC)cc2)c1C(O)c1ccc(NC(C)=O)cc1[N+](=O)[O-]. The molecule has 1 unspecified atom stereocenters. The Labute approximate surface area is 194 Å². The second-order valence-corrected chi connectivity index (χ2v) is 7.16. The largest absolute Gasteiger partial charge is 0.497 e. The van der Waals surface area contributed by atoms with E-state index in [-0.39, 0.29) is 35.8 Å². The number of methoxy groups -OCH3 is 1. The van der Waals surface area contributed by atoms with Gasteiger partial charge < -0.3 is 19.9 Å². The van der Waals surface area contributed by atoms with Crippen LogP contribution in [0.1, 0.15) is 47.3 Å². The van der Waals surface area contributed by atoms with Crippen LogP contribution in [0.3, 0.4) is 0 Å². The van der Waals surface area contributed by atoms with Crippen LogP contribution in [-0.2, 0) is 16.1 Å². The van der Waals surface area contributed by atoms with Gasteiger partial charge in [-0.3, -0.25) is 14.9 Å². The number of nitrogens with one attached hydrogen (secondary N) is 1. The third-order valence-corrected chi connectivity index (χ3v) is 4.83. The lowest BCUT2D eigenvalue weighted by atomic mass is 10.0. The average molecular weight is 469 g/mol. The number of esters is 1. The maximum Gasteiger partial charge on any atom is 0.360 e. The van der Waals surface area contributed by atoms with Crippen LogP contribution in [0.5, 0.6) is 5.75 Å². The standard InChI is InChI=1S/C22H23N5O7/c1-4-34-22(30)19-20(26(25-24-19)12-14-5-8-16(33-3)9-6-14)21(29)17-10-7-15(23-13(2)28)11-18(17)27(31)32/h5-11,21,29H,4,12H2,1-3H3,(H,23,28). The highest BCUT2D eigenvalue weighted by molar-refractivity contribution is 5.90. The number of aliphatic hydroxyl groups is 1. The monoisotopic (exact) mass is 469 g/mol. The Bertz CT molecular complexity index is 1210. The predicted octanol–water partition coefficient (Wildman–Crippen LogP) is 2.46. The van der Waals surface area contributed by atoms with E-state index in [2.05, 4.69) is 15.6 Å². The molecule has 1 amide bonds. The van der Waals surface area contributed by atoms with Crippen molar-refractivity contribution in [3.8, 4) is 5.75 Å². The molecule has 0 fully saturated rings. The Morgan fingerprint density at radius 2 is 1.94 bits per heavy atom. The third-order valence-electron chi connectivity index (χ3n) is 4.83. The van der Waals surface area contributed by atoms with Crippen LogP contribution in [0.15, 0.2) is 42.5 Å². The van der Waals surface area contributed by atoms with Gasteiger partial charge in [-0.2, -0.15) is 0 Å². The Morgan fingerprint density at radius 1 is 1.24 bits per heavy atom. The number of ether oxygens (including phenoxy) is 2. The molecule has 34 heavy (non-hydrogen) atoms. The zero-order valence-corrected chi connectivity index (χ0v) is 18.7. The highest BCUT2D eigenvalue weighted by Gasteiger charge is 2.32. The fraction of sp³-hybridized carbons (Fsp3) is 0.273. The molecule has 3 aromatic rings. The minimum Gasteiger partial charge on any atom is -0.497 e. The van der Waals surface area contributed by atoms with Crippen LogP contribution in [0.2, 0.25) is 0 Å². The summed E-state index contributed by atoms with van der Waals surface area (Å²) in [6.45, 7) is 3.05. The van der Waals surface area contributed by atoms with Gasteiger partial charge in [0, 0.05) is 18.7 Å². The Balaban J connectivity index is 2.08. The molecule has 178 valence electrons. The van der Waals surface area contributed by atoms with Crippen molar-refractivity contribution >= 4 is 23.3 Å². The van der Waals surface area contributed by atoms with Gasteiger partial charge in [0.15, 0.2) is 5.69 Å². The topological polar surface area (TPSA) is 159 Å². The summed E-state index contributed by atoms with van der Waals surface area (Å²) >= 11 is 0. The number of aromatic nitrogens is 3. The van der Waals surface area contributed by atoms with Crippen molar-refractivity contribution in [2.24, 2.45) is 0 Å². The number of hydrogen-bond donors (Lipinski definition) is 2. The van der Waals surface area contributed by atoms with Gasteiger partial charge in [0.05, 0.1) is 30.7 Å². The molecule has 0 radical (unpaired) electrons. The molecule has 0 spiro atoms. The van der Waals surface area contributed by atoms with E-state index in [0.29, 0.717) is 5.75 Å². The molecule has 0 aliphatic carbocycles. The zero-order valence-electron chi connectivity index (χ0n) is 18.7. The summed E-state index contributed by atoms with van der Waals surface area (Å²) in [6, 6.07) is 10.8. The van der Waals surface area contributed by atoms with Gasteiger partial charge in [-0.15, -0.1) is 5.10 Å². The summed E-state index contributed by atoms with van der Waals surface area (Å²) in [6.07, 6.45) is -1.64. The van der Waals surface area contributed by atoms with Crippen LogP contribution in [0.4, 0.5) is 11.4 Å². The van der Waals surface area contributed by atoms with Crippen LogP contribution >= 0.6 is 0 Å². The molecule has 0 saturated carbocycles. The molecule has 0 aliphatic rings.